The summed E-state index contributed by atoms with van der Waals surface area (Å²) >= 11 is 3.12. The minimum atomic E-state index is 0.741. The summed E-state index contributed by atoms with van der Waals surface area (Å²) in [6.07, 6.45) is 0. The van der Waals surface area contributed by atoms with Crippen LogP contribution in [0, 0.1) is 0 Å². The fraction of sp³-hybridized carbons (Fsp3) is 0.273. The molecule has 2 rings (SSSR count). The molecule has 0 aliphatic rings. The molecule has 16 heavy (non-hydrogen) atoms. The van der Waals surface area contributed by atoms with Crippen LogP contribution in [-0.2, 0) is 4.74 Å². The summed E-state index contributed by atoms with van der Waals surface area (Å²) in [7, 11) is 1.70. The summed E-state index contributed by atoms with van der Waals surface area (Å²) in [5.41, 5.74) is 1.07. The third-order valence-electron chi connectivity index (χ3n) is 1.95. The van der Waals surface area contributed by atoms with Gasteiger partial charge in [0.15, 0.2) is 10.2 Å². The number of benzene rings is 1. The highest BCUT2D eigenvalue weighted by atomic mass is 32.2. The highest BCUT2D eigenvalue weighted by Gasteiger charge is 2.05. The Bertz CT molecular complexity index is 431. The number of aromatic nitrogens is 2. The minimum Gasteiger partial charge on any atom is -0.384 e. The molecule has 0 unspecified atom stereocenters. The summed E-state index contributed by atoms with van der Waals surface area (Å²) < 4.78 is 10.3. The smallest absolute Gasteiger partial charge is 0.174 e. The second kappa shape index (κ2) is 5.98. The fourth-order valence-corrected chi connectivity index (χ4v) is 2.77. The van der Waals surface area contributed by atoms with Crippen LogP contribution in [0.1, 0.15) is 0 Å². The number of nitrogens with zero attached hydrogens (tertiary/aromatic N) is 2. The first-order valence-corrected chi connectivity index (χ1v) is 6.67. The Balaban J connectivity index is 2.02. The lowest BCUT2D eigenvalue weighted by atomic mass is 10.2. The molecule has 84 valence electrons. The number of hydrogen-bond donors (Lipinski definition) is 0. The Kier molecular flexibility index (Phi) is 4.33. The van der Waals surface area contributed by atoms with Gasteiger partial charge in [-0.15, -0.1) is 0 Å². The van der Waals surface area contributed by atoms with Gasteiger partial charge in [-0.3, -0.25) is 0 Å². The molecule has 0 amide bonds. The lowest BCUT2D eigenvalue weighted by Gasteiger charge is -1.94. The molecule has 2 aromatic rings. The Morgan fingerprint density at radius 2 is 2.12 bits per heavy atom. The van der Waals surface area contributed by atoms with Crippen LogP contribution in [0.5, 0.6) is 0 Å². The molecule has 0 saturated heterocycles. The maximum absolute atomic E-state index is 4.99. The summed E-state index contributed by atoms with van der Waals surface area (Å²) in [6.45, 7) is 0.741. The van der Waals surface area contributed by atoms with Crippen LogP contribution >= 0.6 is 23.3 Å². The average molecular weight is 252 g/mol. The van der Waals surface area contributed by atoms with Gasteiger partial charge >= 0.3 is 0 Å². The third-order valence-corrected chi connectivity index (χ3v) is 3.75. The lowest BCUT2D eigenvalue weighted by Crippen LogP contribution is -1.90. The maximum atomic E-state index is 4.99. The predicted molar refractivity (Wildman–Crippen MR) is 67.9 cm³/mol. The van der Waals surface area contributed by atoms with Crippen molar-refractivity contribution in [3.8, 4) is 11.4 Å². The third kappa shape index (κ3) is 3.04. The normalized spacial score (nSPS) is 10.6. The van der Waals surface area contributed by atoms with Crippen molar-refractivity contribution < 1.29 is 4.74 Å². The molecule has 0 spiro atoms. The first kappa shape index (κ1) is 11.6. The SMILES string of the molecule is COCCSc1nc(-c2ccccc2)ns1. The first-order chi connectivity index (χ1) is 7.90. The zero-order valence-corrected chi connectivity index (χ0v) is 10.6. The molecule has 0 fully saturated rings. The van der Waals surface area contributed by atoms with Gasteiger partial charge in [-0.05, 0) is 11.5 Å². The molecule has 0 bridgehead atoms. The minimum absolute atomic E-state index is 0.741. The highest BCUT2D eigenvalue weighted by Crippen LogP contribution is 2.24. The molecule has 0 radical (unpaired) electrons. The van der Waals surface area contributed by atoms with Crippen molar-refractivity contribution in [3.63, 3.8) is 0 Å². The Hall–Kier alpha value is -0.910. The van der Waals surface area contributed by atoms with Gasteiger partial charge in [-0.1, -0.05) is 42.1 Å². The molecule has 1 aromatic carbocycles. The summed E-state index contributed by atoms with van der Waals surface area (Å²) in [5, 5.41) is 0. The van der Waals surface area contributed by atoms with Crippen LogP contribution in [0.4, 0.5) is 0 Å². The van der Waals surface area contributed by atoms with Crippen molar-refractivity contribution >= 4 is 23.3 Å². The van der Waals surface area contributed by atoms with Crippen LogP contribution in [0.2, 0.25) is 0 Å². The molecule has 3 nitrogen and oxygen atoms in total. The molecule has 1 heterocycles. The fourth-order valence-electron chi connectivity index (χ4n) is 1.18. The number of ether oxygens (including phenoxy) is 1. The van der Waals surface area contributed by atoms with Crippen LogP contribution in [0.15, 0.2) is 34.7 Å². The Labute approximate surface area is 103 Å². The van der Waals surface area contributed by atoms with Gasteiger partial charge < -0.3 is 4.74 Å². The molecule has 0 aliphatic heterocycles. The van der Waals surface area contributed by atoms with Crippen molar-refractivity contribution in [2.24, 2.45) is 0 Å². The number of hydrogen-bond acceptors (Lipinski definition) is 5. The standard InChI is InChI=1S/C11H12N2OS2/c1-14-7-8-15-11-12-10(13-16-11)9-5-3-2-4-6-9/h2-6H,7-8H2,1H3. The monoisotopic (exact) mass is 252 g/mol. The zero-order valence-electron chi connectivity index (χ0n) is 8.92. The van der Waals surface area contributed by atoms with Gasteiger partial charge in [-0.25, -0.2) is 4.98 Å². The summed E-state index contributed by atoms with van der Waals surface area (Å²) in [4.78, 5) is 4.47. The number of methoxy groups -OCH3 is 1. The van der Waals surface area contributed by atoms with Crippen molar-refractivity contribution in [1.82, 2.24) is 9.36 Å². The molecular formula is C11H12N2OS2. The van der Waals surface area contributed by atoms with E-state index in [1.54, 1.807) is 18.9 Å². The van der Waals surface area contributed by atoms with Crippen LogP contribution in [-0.4, -0.2) is 28.8 Å². The highest BCUT2D eigenvalue weighted by molar-refractivity contribution is 8.00. The van der Waals surface area contributed by atoms with Gasteiger partial charge in [-0.2, -0.15) is 4.37 Å². The lowest BCUT2D eigenvalue weighted by molar-refractivity contribution is 0.218. The van der Waals surface area contributed by atoms with Crippen LogP contribution in [0.25, 0.3) is 11.4 Å². The topological polar surface area (TPSA) is 35.0 Å². The molecular weight excluding hydrogens is 240 g/mol. The molecule has 1 aromatic heterocycles. The van der Waals surface area contributed by atoms with E-state index in [0.29, 0.717) is 0 Å². The Morgan fingerprint density at radius 1 is 1.31 bits per heavy atom. The van der Waals surface area contributed by atoms with E-state index in [2.05, 4.69) is 9.36 Å². The largest absolute Gasteiger partial charge is 0.384 e. The summed E-state index contributed by atoms with van der Waals surface area (Å²) in [6, 6.07) is 10.0. The molecule has 0 saturated carbocycles. The zero-order chi connectivity index (χ0) is 11.2. The van der Waals surface area contributed by atoms with Gasteiger partial charge in [0.05, 0.1) is 6.61 Å². The molecule has 5 heteroatoms. The van der Waals surface area contributed by atoms with Gasteiger partial charge in [0.1, 0.15) is 0 Å². The van der Waals surface area contributed by atoms with Gasteiger partial charge in [0.2, 0.25) is 0 Å². The second-order valence-corrected chi connectivity index (χ2v) is 5.19. The van der Waals surface area contributed by atoms with Crippen LogP contribution < -0.4 is 0 Å². The van der Waals surface area contributed by atoms with Gasteiger partial charge in [0.25, 0.3) is 0 Å². The quantitative estimate of drug-likeness (QED) is 0.605. The number of rotatable bonds is 5. The maximum Gasteiger partial charge on any atom is 0.174 e. The van der Waals surface area contributed by atoms with E-state index in [1.165, 1.54) is 11.5 Å². The predicted octanol–water partition coefficient (Wildman–Crippen LogP) is 2.94. The average Bonchev–Trinajstić information content (AvgIpc) is 2.79. The van der Waals surface area contributed by atoms with E-state index in [0.717, 1.165) is 28.1 Å². The molecule has 0 N–H and O–H groups in total. The van der Waals surface area contributed by atoms with E-state index < -0.39 is 0 Å². The van der Waals surface area contributed by atoms with E-state index in [4.69, 9.17) is 4.74 Å². The summed E-state index contributed by atoms with van der Waals surface area (Å²) in [5.74, 6) is 1.73. The van der Waals surface area contributed by atoms with E-state index in [9.17, 15) is 0 Å². The first-order valence-electron chi connectivity index (χ1n) is 4.91. The number of thioether (sulfide) groups is 1. The second-order valence-electron chi connectivity index (χ2n) is 3.09. The molecule has 0 aliphatic carbocycles. The van der Waals surface area contributed by atoms with E-state index in [1.807, 2.05) is 30.3 Å². The van der Waals surface area contributed by atoms with Crippen molar-refractivity contribution in [2.45, 2.75) is 4.34 Å². The van der Waals surface area contributed by atoms with E-state index in [-0.39, 0.29) is 0 Å². The van der Waals surface area contributed by atoms with Gasteiger partial charge in [0, 0.05) is 18.4 Å². The van der Waals surface area contributed by atoms with Crippen molar-refractivity contribution in [3.05, 3.63) is 30.3 Å². The van der Waals surface area contributed by atoms with E-state index >= 15 is 0 Å². The Morgan fingerprint density at radius 3 is 2.88 bits per heavy atom. The van der Waals surface area contributed by atoms with Crippen LogP contribution in [0.3, 0.4) is 0 Å². The van der Waals surface area contributed by atoms with Crippen molar-refractivity contribution in [1.29, 1.82) is 0 Å². The van der Waals surface area contributed by atoms with Crippen molar-refractivity contribution in [2.75, 3.05) is 19.5 Å². The molecule has 0 atom stereocenters.